The van der Waals surface area contributed by atoms with E-state index >= 15 is 0 Å². The molecule has 1 heterocycles. The molecule has 1 radical (unpaired) electrons. The van der Waals surface area contributed by atoms with Crippen LogP contribution >= 0.6 is 11.3 Å². The summed E-state index contributed by atoms with van der Waals surface area (Å²) in [7, 11) is 0. The van der Waals surface area contributed by atoms with Gasteiger partial charge in [-0.05, 0) is 29.0 Å². The van der Waals surface area contributed by atoms with E-state index in [1.54, 1.807) is 29.6 Å². The molecular formula is C16H7F6S. The van der Waals surface area contributed by atoms with Crippen molar-refractivity contribution in [3.63, 3.8) is 0 Å². The van der Waals surface area contributed by atoms with Crippen LogP contribution in [0.15, 0.2) is 41.8 Å². The summed E-state index contributed by atoms with van der Waals surface area (Å²) >= 11 is 1.05. The SMILES string of the molecule is FC(F)(F)c1c[c]c(-c2scc3ccccc23)c(C(F)(F)F)c1. The van der Waals surface area contributed by atoms with Crippen LogP contribution in [0.3, 0.4) is 0 Å². The molecule has 1 aromatic heterocycles. The Kier molecular flexibility index (Phi) is 3.63. The van der Waals surface area contributed by atoms with Crippen LogP contribution in [-0.4, -0.2) is 0 Å². The zero-order valence-electron chi connectivity index (χ0n) is 11.2. The Hall–Kier alpha value is -2.02. The lowest BCUT2D eigenvalue weighted by Gasteiger charge is -2.15. The van der Waals surface area contributed by atoms with E-state index in [2.05, 4.69) is 6.07 Å². The van der Waals surface area contributed by atoms with E-state index in [9.17, 15) is 26.3 Å². The van der Waals surface area contributed by atoms with Gasteiger partial charge in [-0.15, -0.1) is 11.3 Å². The van der Waals surface area contributed by atoms with Crippen molar-refractivity contribution in [2.75, 3.05) is 0 Å². The number of alkyl halides is 6. The Labute approximate surface area is 131 Å². The summed E-state index contributed by atoms with van der Waals surface area (Å²) in [6.45, 7) is 0. The number of fused-ring (bicyclic) bond motifs is 1. The van der Waals surface area contributed by atoms with Crippen molar-refractivity contribution in [2.45, 2.75) is 12.4 Å². The first-order chi connectivity index (χ1) is 10.7. The third-order valence-corrected chi connectivity index (χ3v) is 4.34. The Morgan fingerprint density at radius 2 is 1.61 bits per heavy atom. The summed E-state index contributed by atoms with van der Waals surface area (Å²) in [5.74, 6) is 0. The van der Waals surface area contributed by atoms with Crippen LogP contribution in [0.25, 0.3) is 21.2 Å². The molecule has 0 amide bonds. The highest BCUT2D eigenvalue weighted by atomic mass is 32.1. The number of rotatable bonds is 1. The minimum atomic E-state index is -4.90. The normalized spacial score (nSPS) is 12.8. The van der Waals surface area contributed by atoms with E-state index in [1.807, 2.05) is 0 Å². The molecule has 0 spiro atoms. The van der Waals surface area contributed by atoms with Crippen LogP contribution in [-0.2, 0) is 12.4 Å². The van der Waals surface area contributed by atoms with Crippen LogP contribution in [0.4, 0.5) is 26.3 Å². The fourth-order valence-electron chi connectivity index (χ4n) is 2.26. The Balaban J connectivity index is 2.27. The third-order valence-electron chi connectivity index (χ3n) is 3.31. The molecule has 0 bridgehead atoms. The van der Waals surface area contributed by atoms with Gasteiger partial charge in [0.25, 0.3) is 0 Å². The van der Waals surface area contributed by atoms with Gasteiger partial charge in [-0.1, -0.05) is 24.3 Å². The molecule has 0 saturated carbocycles. The largest absolute Gasteiger partial charge is 0.417 e. The highest BCUT2D eigenvalue weighted by molar-refractivity contribution is 7.15. The molecular weight excluding hydrogens is 338 g/mol. The maximum Gasteiger partial charge on any atom is 0.417 e. The third kappa shape index (κ3) is 2.93. The lowest BCUT2D eigenvalue weighted by Crippen LogP contribution is -2.12. The summed E-state index contributed by atoms with van der Waals surface area (Å²) in [6.07, 6.45) is -9.76. The van der Waals surface area contributed by atoms with Gasteiger partial charge in [0.15, 0.2) is 0 Å². The van der Waals surface area contributed by atoms with E-state index < -0.39 is 23.5 Å². The highest BCUT2D eigenvalue weighted by Gasteiger charge is 2.38. The fourth-order valence-corrected chi connectivity index (χ4v) is 3.31. The molecule has 0 aliphatic heterocycles. The molecule has 0 unspecified atom stereocenters. The van der Waals surface area contributed by atoms with Crippen molar-refractivity contribution < 1.29 is 26.3 Å². The highest BCUT2D eigenvalue weighted by Crippen LogP contribution is 2.44. The molecule has 0 saturated heterocycles. The topological polar surface area (TPSA) is 0 Å². The van der Waals surface area contributed by atoms with E-state index in [0.717, 1.165) is 16.7 Å². The second-order valence-electron chi connectivity index (χ2n) is 4.82. The molecule has 3 aromatic rings. The predicted octanol–water partition coefficient (Wildman–Crippen LogP) is 6.41. The molecule has 0 N–H and O–H groups in total. The number of halogens is 6. The lowest BCUT2D eigenvalue weighted by molar-refractivity contribution is -0.142. The molecule has 7 heteroatoms. The quantitative estimate of drug-likeness (QED) is 0.447. The van der Waals surface area contributed by atoms with Crippen LogP contribution < -0.4 is 0 Å². The van der Waals surface area contributed by atoms with E-state index in [1.165, 1.54) is 0 Å². The maximum atomic E-state index is 13.2. The first-order valence-corrected chi connectivity index (χ1v) is 7.22. The average Bonchev–Trinajstić information content (AvgIpc) is 2.88. The smallest absolute Gasteiger partial charge is 0.166 e. The summed E-state index contributed by atoms with van der Waals surface area (Å²) in [6, 6.07) is 9.64. The molecule has 2 aromatic carbocycles. The van der Waals surface area contributed by atoms with Gasteiger partial charge in [0.1, 0.15) is 0 Å². The Bertz CT molecular complexity index is 857. The molecule has 0 atom stereocenters. The molecule has 0 fully saturated rings. The zero-order valence-corrected chi connectivity index (χ0v) is 12.0. The minimum Gasteiger partial charge on any atom is -0.166 e. The van der Waals surface area contributed by atoms with Crippen molar-refractivity contribution in [1.82, 2.24) is 0 Å². The number of benzene rings is 2. The molecule has 119 valence electrons. The average molecular weight is 345 g/mol. The Morgan fingerprint density at radius 3 is 2.26 bits per heavy atom. The van der Waals surface area contributed by atoms with Crippen LogP contribution in [0, 0.1) is 6.07 Å². The van der Waals surface area contributed by atoms with Gasteiger partial charge in [0.2, 0.25) is 0 Å². The van der Waals surface area contributed by atoms with Gasteiger partial charge in [-0.3, -0.25) is 0 Å². The van der Waals surface area contributed by atoms with Gasteiger partial charge in [-0.2, -0.15) is 26.3 Å². The van der Waals surface area contributed by atoms with E-state index in [0.29, 0.717) is 11.5 Å². The van der Waals surface area contributed by atoms with Gasteiger partial charge in [-0.25, -0.2) is 0 Å². The maximum absolute atomic E-state index is 13.2. The van der Waals surface area contributed by atoms with Crippen LogP contribution in [0.5, 0.6) is 0 Å². The zero-order chi connectivity index (χ0) is 16.8. The van der Waals surface area contributed by atoms with Crippen molar-refractivity contribution in [3.05, 3.63) is 59.0 Å². The monoisotopic (exact) mass is 345 g/mol. The number of hydrogen-bond acceptors (Lipinski definition) is 1. The van der Waals surface area contributed by atoms with Crippen LogP contribution in [0.2, 0.25) is 0 Å². The second kappa shape index (κ2) is 5.26. The van der Waals surface area contributed by atoms with Crippen molar-refractivity contribution >= 4 is 22.1 Å². The van der Waals surface area contributed by atoms with Gasteiger partial charge in [0.05, 0.1) is 11.1 Å². The molecule has 0 nitrogen and oxygen atoms in total. The summed E-state index contributed by atoms with van der Waals surface area (Å²) in [5.41, 5.74) is -3.06. The van der Waals surface area contributed by atoms with Crippen molar-refractivity contribution in [2.24, 2.45) is 0 Å². The predicted molar refractivity (Wildman–Crippen MR) is 76.1 cm³/mol. The molecule has 23 heavy (non-hydrogen) atoms. The van der Waals surface area contributed by atoms with Crippen LogP contribution in [0.1, 0.15) is 11.1 Å². The molecule has 0 aliphatic carbocycles. The summed E-state index contributed by atoms with van der Waals surface area (Å²) in [4.78, 5) is 0.252. The van der Waals surface area contributed by atoms with Crippen molar-refractivity contribution in [3.8, 4) is 10.4 Å². The molecule has 3 rings (SSSR count). The fraction of sp³-hybridized carbons (Fsp3) is 0.125. The lowest BCUT2D eigenvalue weighted by atomic mass is 9.99. The van der Waals surface area contributed by atoms with Crippen molar-refractivity contribution in [1.29, 1.82) is 0 Å². The first-order valence-electron chi connectivity index (χ1n) is 6.34. The Morgan fingerprint density at radius 1 is 0.913 bits per heavy atom. The second-order valence-corrected chi connectivity index (χ2v) is 5.70. The number of thiophene rings is 1. The minimum absolute atomic E-state index is 0.139. The summed E-state index contributed by atoms with van der Waals surface area (Å²) in [5, 5.41) is 2.95. The number of hydrogen-bond donors (Lipinski definition) is 0. The van der Waals surface area contributed by atoms with Gasteiger partial charge >= 0.3 is 12.4 Å². The first kappa shape index (κ1) is 15.9. The van der Waals surface area contributed by atoms with Gasteiger partial charge in [0, 0.05) is 15.8 Å². The molecule has 0 aliphatic rings. The van der Waals surface area contributed by atoms with Gasteiger partial charge < -0.3 is 0 Å². The van der Waals surface area contributed by atoms with E-state index in [-0.39, 0.29) is 16.5 Å². The standard InChI is InChI=1S/C16H7F6S/c17-15(18,19)10-5-6-12(13(7-10)16(20,21)22)14-11-4-2-1-3-9(11)8-23-14/h1-5,7-8H. The summed E-state index contributed by atoms with van der Waals surface area (Å²) < 4.78 is 77.8. The van der Waals surface area contributed by atoms with E-state index in [4.69, 9.17) is 0 Å².